The normalized spacial score (nSPS) is 26.4. The van der Waals surface area contributed by atoms with Crippen LogP contribution in [-0.2, 0) is 0 Å². The lowest BCUT2D eigenvalue weighted by atomic mass is 10.0. The Morgan fingerprint density at radius 3 is 2.61 bits per heavy atom. The summed E-state index contributed by atoms with van der Waals surface area (Å²) in [6.45, 7) is 1.69. The molecule has 1 amide bonds. The molecule has 1 aromatic carbocycles. The number of rotatable bonds is 1. The average Bonchev–Trinajstić information content (AvgIpc) is 2.91. The number of likely N-dealkylation sites (tertiary alicyclic amines) is 1. The maximum atomic E-state index is 12.4. The second-order valence-corrected chi connectivity index (χ2v) is 5.73. The number of aromatic hydroxyl groups is 1. The predicted molar refractivity (Wildman–Crippen MR) is 69.9 cm³/mol. The third kappa shape index (κ3) is 1.97. The molecule has 2 unspecified atom stereocenters. The van der Waals surface area contributed by atoms with Gasteiger partial charge in [0.05, 0.1) is 10.6 Å². The van der Waals surface area contributed by atoms with E-state index in [2.05, 4.69) is 0 Å². The van der Waals surface area contributed by atoms with E-state index in [9.17, 15) is 9.90 Å². The highest BCUT2D eigenvalue weighted by molar-refractivity contribution is 6.33. The fraction of sp³-hybridized carbons (Fsp3) is 0.500. The van der Waals surface area contributed by atoms with Gasteiger partial charge in [-0.15, -0.1) is 0 Å². The van der Waals surface area contributed by atoms with Crippen LogP contribution in [0.5, 0.6) is 5.75 Å². The first-order chi connectivity index (χ1) is 8.65. The molecule has 2 fully saturated rings. The molecule has 0 aromatic heterocycles. The number of fused-ring (bicyclic) bond motifs is 1. The number of amides is 1. The smallest absolute Gasteiger partial charge is 0.255 e. The van der Waals surface area contributed by atoms with Crippen LogP contribution in [0.25, 0.3) is 0 Å². The Hall–Kier alpha value is -1.22. The average molecular weight is 266 g/mol. The number of carbonyl (C=O) groups excluding carboxylic acids is 1. The van der Waals surface area contributed by atoms with E-state index in [1.54, 1.807) is 6.07 Å². The Labute approximate surface area is 111 Å². The Bertz CT molecular complexity index is 477. The first-order valence-corrected chi connectivity index (χ1v) is 6.81. The molecule has 0 radical (unpaired) electrons. The topological polar surface area (TPSA) is 40.5 Å². The third-order valence-corrected chi connectivity index (χ3v) is 4.52. The number of phenols is 1. The molecule has 0 spiro atoms. The van der Waals surface area contributed by atoms with Crippen LogP contribution in [0.1, 0.15) is 29.6 Å². The number of benzene rings is 1. The standard InChI is InChI=1S/C14H16ClNO2/c15-13-5-4-11(17)6-12(13)14(18)16-7-9-2-1-3-10(9)8-16/h4-6,9-10,17H,1-3,7-8H2. The van der Waals surface area contributed by atoms with Gasteiger partial charge in [0.1, 0.15) is 5.75 Å². The van der Waals surface area contributed by atoms with Gasteiger partial charge in [0.2, 0.25) is 0 Å². The summed E-state index contributed by atoms with van der Waals surface area (Å²) in [6, 6.07) is 4.53. The summed E-state index contributed by atoms with van der Waals surface area (Å²) in [4.78, 5) is 14.3. The summed E-state index contributed by atoms with van der Waals surface area (Å²) >= 11 is 6.03. The summed E-state index contributed by atoms with van der Waals surface area (Å²) in [6.07, 6.45) is 3.77. The zero-order valence-corrected chi connectivity index (χ0v) is 10.9. The second kappa shape index (κ2) is 4.47. The van der Waals surface area contributed by atoms with Crippen LogP contribution in [0.15, 0.2) is 18.2 Å². The lowest BCUT2D eigenvalue weighted by Crippen LogP contribution is -2.29. The summed E-state index contributed by atoms with van der Waals surface area (Å²) < 4.78 is 0. The van der Waals surface area contributed by atoms with Gasteiger partial charge in [0.15, 0.2) is 0 Å². The molecule has 18 heavy (non-hydrogen) atoms. The molecular formula is C14H16ClNO2. The van der Waals surface area contributed by atoms with E-state index in [1.165, 1.54) is 31.4 Å². The quantitative estimate of drug-likeness (QED) is 0.848. The van der Waals surface area contributed by atoms with Crippen molar-refractivity contribution in [3.05, 3.63) is 28.8 Å². The van der Waals surface area contributed by atoms with E-state index >= 15 is 0 Å². The first-order valence-electron chi connectivity index (χ1n) is 6.43. The van der Waals surface area contributed by atoms with Crippen molar-refractivity contribution in [3.63, 3.8) is 0 Å². The van der Waals surface area contributed by atoms with E-state index < -0.39 is 0 Å². The van der Waals surface area contributed by atoms with E-state index in [1.807, 2.05) is 4.90 Å². The second-order valence-electron chi connectivity index (χ2n) is 5.33. The minimum atomic E-state index is -0.0506. The Morgan fingerprint density at radius 1 is 1.28 bits per heavy atom. The molecule has 2 aliphatic rings. The highest BCUT2D eigenvalue weighted by Gasteiger charge is 2.38. The summed E-state index contributed by atoms with van der Waals surface area (Å²) in [5, 5.41) is 9.87. The van der Waals surface area contributed by atoms with Crippen molar-refractivity contribution < 1.29 is 9.90 Å². The van der Waals surface area contributed by atoms with E-state index in [4.69, 9.17) is 11.6 Å². The number of carbonyl (C=O) groups is 1. The summed E-state index contributed by atoms with van der Waals surface area (Å²) in [5.74, 6) is 1.38. The van der Waals surface area contributed by atoms with Gasteiger partial charge in [-0.05, 0) is 42.9 Å². The van der Waals surface area contributed by atoms with Gasteiger partial charge in [-0.1, -0.05) is 18.0 Å². The van der Waals surface area contributed by atoms with Crippen molar-refractivity contribution in [3.8, 4) is 5.75 Å². The molecule has 0 bridgehead atoms. The number of hydrogen-bond donors (Lipinski definition) is 1. The third-order valence-electron chi connectivity index (χ3n) is 4.19. The number of nitrogens with zero attached hydrogens (tertiary/aromatic N) is 1. The Kier molecular flexibility index (Phi) is 2.94. The maximum Gasteiger partial charge on any atom is 0.255 e. The van der Waals surface area contributed by atoms with Gasteiger partial charge in [0.25, 0.3) is 5.91 Å². The maximum absolute atomic E-state index is 12.4. The van der Waals surface area contributed by atoms with Crippen molar-refractivity contribution in [2.24, 2.45) is 11.8 Å². The van der Waals surface area contributed by atoms with Crippen LogP contribution in [0, 0.1) is 11.8 Å². The monoisotopic (exact) mass is 265 g/mol. The minimum Gasteiger partial charge on any atom is -0.508 e. The Balaban J connectivity index is 1.81. The van der Waals surface area contributed by atoms with Crippen molar-refractivity contribution in [2.75, 3.05) is 13.1 Å². The molecule has 1 aromatic rings. The van der Waals surface area contributed by atoms with Gasteiger partial charge < -0.3 is 10.0 Å². The number of phenolic OH excluding ortho intramolecular Hbond substituents is 1. The predicted octanol–water partition coefficient (Wildman–Crippen LogP) is 2.92. The van der Waals surface area contributed by atoms with E-state index in [0.717, 1.165) is 13.1 Å². The lowest BCUT2D eigenvalue weighted by Gasteiger charge is -2.18. The number of halogens is 1. The molecule has 1 heterocycles. The fourth-order valence-corrected chi connectivity index (χ4v) is 3.45. The van der Waals surface area contributed by atoms with Crippen LogP contribution in [0.3, 0.4) is 0 Å². The van der Waals surface area contributed by atoms with E-state index in [0.29, 0.717) is 22.4 Å². The summed E-state index contributed by atoms with van der Waals surface area (Å²) in [7, 11) is 0. The SMILES string of the molecule is O=C(c1cc(O)ccc1Cl)N1CC2CCCC2C1. The molecule has 2 atom stereocenters. The first kappa shape index (κ1) is 11.8. The van der Waals surface area contributed by atoms with Crippen molar-refractivity contribution in [2.45, 2.75) is 19.3 Å². The van der Waals surface area contributed by atoms with Gasteiger partial charge in [0, 0.05) is 13.1 Å². The molecular weight excluding hydrogens is 250 g/mol. The molecule has 1 aliphatic heterocycles. The van der Waals surface area contributed by atoms with E-state index in [-0.39, 0.29) is 11.7 Å². The number of hydrogen-bond acceptors (Lipinski definition) is 2. The van der Waals surface area contributed by atoms with Gasteiger partial charge >= 0.3 is 0 Å². The zero-order chi connectivity index (χ0) is 12.7. The molecule has 1 saturated carbocycles. The van der Waals surface area contributed by atoms with Crippen LogP contribution < -0.4 is 0 Å². The van der Waals surface area contributed by atoms with Crippen molar-refractivity contribution in [1.82, 2.24) is 4.90 Å². The van der Waals surface area contributed by atoms with Gasteiger partial charge in [-0.2, -0.15) is 0 Å². The Morgan fingerprint density at radius 2 is 1.94 bits per heavy atom. The molecule has 4 heteroatoms. The highest BCUT2D eigenvalue weighted by Crippen LogP contribution is 2.38. The lowest BCUT2D eigenvalue weighted by molar-refractivity contribution is 0.0780. The molecule has 1 aliphatic carbocycles. The van der Waals surface area contributed by atoms with Crippen molar-refractivity contribution >= 4 is 17.5 Å². The molecule has 96 valence electrons. The van der Waals surface area contributed by atoms with Crippen LogP contribution in [0.2, 0.25) is 5.02 Å². The van der Waals surface area contributed by atoms with Crippen LogP contribution >= 0.6 is 11.6 Å². The largest absolute Gasteiger partial charge is 0.508 e. The minimum absolute atomic E-state index is 0.0506. The van der Waals surface area contributed by atoms with Gasteiger partial charge in [-0.25, -0.2) is 0 Å². The summed E-state index contributed by atoms with van der Waals surface area (Å²) in [5.41, 5.74) is 0.414. The highest BCUT2D eigenvalue weighted by atomic mass is 35.5. The zero-order valence-electron chi connectivity index (χ0n) is 10.1. The van der Waals surface area contributed by atoms with Crippen LogP contribution in [-0.4, -0.2) is 29.0 Å². The van der Waals surface area contributed by atoms with Crippen molar-refractivity contribution in [1.29, 1.82) is 0 Å². The van der Waals surface area contributed by atoms with Crippen LogP contribution in [0.4, 0.5) is 0 Å². The molecule has 1 N–H and O–H groups in total. The van der Waals surface area contributed by atoms with Gasteiger partial charge in [-0.3, -0.25) is 4.79 Å². The molecule has 1 saturated heterocycles. The molecule has 3 rings (SSSR count). The molecule has 3 nitrogen and oxygen atoms in total. The fourth-order valence-electron chi connectivity index (χ4n) is 3.25.